The van der Waals surface area contributed by atoms with E-state index in [0.717, 1.165) is 16.9 Å². The SMILES string of the molecule is CC(C)c1nc2ccccc2n1CF. The Balaban J connectivity index is 2.72. The second-order valence-electron chi connectivity index (χ2n) is 3.66. The third-order valence-corrected chi connectivity index (χ3v) is 2.32. The Labute approximate surface area is 82.4 Å². The molecule has 3 heteroatoms. The Morgan fingerprint density at radius 2 is 2.07 bits per heavy atom. The van der Waals surface area contributed by atoms with Gasteiger partial charge >= 0.3 is 0 Å². The van der Waals surface area contributed by atoms with Crippen LogP contribution in [0.5, 0.6) is 0 Å². The topological polar surface area (TPSA) is 17.8 Å². The van der Waals surface area contributed by atoms with Crippen LogP contribution in [-0.4, -0.2) is 9.55 Å². The number of hydrogen-bond donors (Lipinski definition) is 0. The van der Waals surface area contributed by atoms with Gasteiger partial charge in [-0.3, -0.25) is 4.57 Å². The van der Waals surface area contributed by atoms with Crippen molar-refractivity contribution in [3.8, 4) is 0 Å². The Hall–Kier alpha value is -1.38. The third kappa shape index (κ3) is 1.29. The van der Waals surface area contributed by atoms with Gasteiger partial charge in [0.15, 0.2) is 6.80 Å². The zero-order chi connectivity index (χ0) is 10.1. The van der Waals surface area contributed by atoms with Crippen molar-refractivity contribution in [2.24, 2.45) is 0 Å². The summed E-state index contributed by atoms with van der Waals surface area (Å²) < 4.78 is 14.5. The van der Waals surface area contributed by atoms with Crippen molar-refractivity contribution in [1.29, 1.82) is 0 Å². The van der Waals surface area contributed by atoms with Crippen LogP contribution in [-0.2, 0) is 6.80 Å². The summed E-state index contributed by atoms with van der Waals surface area (Å²) in [5.41, 5.74) is 1.74. The summed E-state index contributed by atoms with van der Waals surface area (Å²) in [6, 6.07) is 7.63. The molecule has 0 amide bonds. The average Bonchev–Trinajstić information content (AvgIpc) is 2.56. The van der Waals surface area contributed by atoms with Crippen LogP contribution in [0.15, 0.2) is 24.3 Å². The minimum absolute atomic E-state index is 0.248. The molecule has 2 nitrogen and oxygen atoms in total. The average molecular weight is 192 g/mol. The molecule has 74 valence electrons. The smallest absolute Gasteiger partial charge is 0.167 e. The summed E-state index contributed by atoms with van der Waals surface area (Å²) >= 11 is 0. The molecule has 1 heterocycles. The maximum absolute atomic E-state index is 12.8. The van der Waals surface area contributed by atoms with Crippen LogP contribution in [0.3, 0.4) is 0 Å². The van der Waals surface area contributed by atoms with Gasteiger partial charge in [0.1, 0.15) is 5.82 Å². The first kappa shape index (κ1) is 9.19. The van der Waals surface area contributed by atoms with Crippen molar-refractivity contribution in [3.05, 3.63) is 30.1 Å². The Morgan fingerprint density at radius 1 is 1.36 bits per heavy atom. The Bertz CT molecular complexity index is 445. The first-order chi connectivity index (χ1) is 6.74. The molecule has 0 bridgehead atoms. The van der Waals surface area contributed by atoms with E-state index in [-0.39, 0.29) is 5.92 Å². The fourth-order valence-corrected chi connectivity index (χ4v) is 1.66. The number of imidazole rings is 1. The number of para-hydroxylation sites is 2. The number of nitrogens with zero attached hydrogens (tertiary/aromatic N) is 2. The van der Waals surface area contributed by atoms with E-state index >= 15 is 0 Å². The van der Waals surface area contributed by atoms with E-state index in [1.807, 2.05) is 38.1 Å². The van der Waals surface area contributed by atoms with Crippen LogP contribution in [0.25, 0.3) is 11.0 Å². The summed E-state index contributed by atoms with van der Waals surface area (Å²) in [6.07, 6.45) is 0. The van der Waals surface area contributed by atoms with Crippen molar-refractivity contribution in [2.45, 2.75) is 26.6 Å². The molecule has 0 aliphatic carbocycles. The highest BCUT2D eigenvalue weighted by Crippen LogP contribution is 2.21. The minimum atomic E-state index is -0.506. The van der Waals surface area contributed by atoms with Gasteiger partial charge in [0, 0.05) is 5.92 Å². The highest BCUT2D eigenvalue weighted by molar-refractivity contribution is 5.75. The number of benzene rings is 1. The van der Waals surface area contributed by atoms with Gasteiger partial charge in [-0.2, -0.15) is 0 Å². The second kappa shape index (κ2) is 3.40. The molecule has 2 aromatic rings. The molecule has 14 heavy (non-hydrogen) atoms. The van der Waals surface area contributed by atoms with Crippen LogP contribution < -0.4 is 0 Å². The van der Waals surface area contributed by atoms with E-state index in [0.29, 0.717) is 0 Å². The fourth-order valence-electron chi connectivity index (χ4n) is 1.66. The van der Waals surface area contributed by atoms with Crippen LogP contribution in [0.2, 0.25) is 0 Å². The van der Waals surface area contributed by atoms with Gasteiger partial charge < -0.3 is 0 Å². The predicted molar refractivity (Wildman–Crippen MR) is 54.9 cm³/mol. The molecule has 0 aliphatic heterocycles. The molecular formula is C11H13FN2. The predicted octanol–water partition coefficient (Wildman–Crippen LogP) is 3.09. The molecule has 0 unspecified atom stereocenters. The number of halogens is 1. The van der Waals surface area contributed by atoms with Crippen molar-refractivity contribution < 1.29 is 4.39 Å². The first-order valence-corrected chi connectivity index (χ1v) is 4.75. The molecule has 0 fully saturated rings. The maximum Gasteiger partial charge on any atom is 0.167 e. The van der Waals surface area contributed by atoms with Gasteiger partial charge in [-0.05, 0) is 12.1 Å². The normalized spacial score (nSPS) is 11.4. The van der Waals surface area contributed by atoms with Gasteiger partial charge in [0.25, 0.3) is 0 Å². The number of aromatic nitrogens is 2. The molecule has 0 aliphatic rings. The Morgan fingerprint density at radius 3 is 2.71 bits per heavy atom. The highest BCUT2D eigenvalue weighted by Gasteiger charge is 2.12. The lowest BCUT2D eigenvalue weighted by Gasteiger charge is -2.06. The number of fused-ring (bicyclic) bond motifs is 1. The van der Waals surface area contributed by atoms with Crippen molar-refractivity contribution in [3.63, 3.8) is 0 Å². The molecule has 0 radical (unpaired) electrons. The van der Waals surface area contributed by atoms with E-state index in [9.17, 15) is 4.39 Å². The minimum Gasteiger partial charge on any atom is -0.299 e. The van der Waals surface area contributed by atoms with Gasteiger partial charge in [-0.1, -0.05) is 26.0 Å². The van der Waals surface area contributed by atoms with Gasteiger partial charge in [-0.15, -0.1) is 0 Å². The highest BCUT2D eigenvalue weighted by atomic mass is 19.1. The molecule has 2 rings (SSSR count). The lowest BCUT2D eigenvalue weighted by molar-refractivity contribution is 0.372. The zero-order valence-electron chi connectivity index (χ0n) is 8.37. The summed E-state index contributed by atoms with van der Waals surface area (Å²) in [7, 11) is 0. The standard InChI is InChI=1S/C11H13FN2/c1-8(2)11-13-9-5-3-4-6-10(9)14(11)7-12/h3-6,8H,7H2,1-2H3. The molecule has 1 aromatic carbocycles. The van der Waals surface area contributed by atoms with E-state index in [4.69, 9.17) is 0 Å². The maximum atomic E-state index is 12.8. The molecule has 0 saturated heterocycles. The lowest BCUT2D eigenvalue weighted by Crippen LogP contribution is -2.02. The van der Waals surface area contributed by atoms with E-state index in [1.165, 1.54) is 0 Å². The number of hydrogen-bond acceptors (Lipinski definition) is 1. The summed E-state index contributed by atoms with van der Waals surface area (Å²) in [6.45, 7) is 3.54. The van der Waals surface area contributed by atoms with E-state index in [1.54, 1.807) is 4.57 Å². The largest absolute Gasteiger partial charge is 0.299 e. The van der Waals surface area contributed by atoms with Crippen LogP contribution in [0.1, 0.15) is 25.6 Å². The quantitative estimate of drug-likeness (QED) is 0.715. The lowest BCUT2D eigenvalue weighted by atomic mass is 10.2. The number of alkyl halides is 1. The third-order valence-electron chi connectivity index (χ3n) is 2.32. The van der Waals surface area contributed by atoms with Gasteiger partial charge in [0.05, 0.1) is 11.0 Å². The second-order valence-corrected chi connectivity index (χ2v) is 3.66. The summed E-state index contributed by atoms with van der Waals surface area (Å²) in [5.74, 6) is 1.06. The molecule has 0 atom stereocenters. The fraction of sp³-hybridized carbons (Fsp3) is 0.364. The summed E-state index contributed by atoms with van der Waals surface area (Å²) in [4.78, 5) is 4.41. The van der Waals surface area contributed by atoms with Gasteiger partial charge in [-0.25, -0.2) is 9.37 Å². The van der Waals surface area contributed by atoms with E-state index in [2.05, 4.69) is 4.98 Å². The van der Waals surface area contributed by atoms with Crippen molar-refractivity contribution in [2.75, 3.05) is 0 Å². The van der Waals surface area contributed by atoms with E-state index < -0.39 is 6.80 Å². The summed E-state index contributed by atoms with van der Waals surface area (Å²) in [5, 5.41) is 0. The van der Waals surface area contributed by atoms with Gasteiger partial charge in [0.2, 0.25) is 0 Å². The zero-order valence-corrected chi connectivity index (χ0v) is 8.37. The molecule has 1 aromatic heterocycles. The molecule has 0 saturated carbocycles. The molecular weight excluding hydrogens is 179 g/mol. The van der Waals surface area contributed by atoms with Crippen LogP contribution in [0.4, 0.5) is 4.39 Å². The van der Waals surface area contributed by atoms with Crippen molar-refractivity contribution in [1.82, 2.24) is 9.55 Å². The monoisotopic (exact) mass is 192 g/mol. The van der Waals surface area contributed by atoms with Crippen molar-refractivity contribution >= 4 is 11.0 Å². The molecule has 0 spiro atoms. The first-order valence-electron chi connectivity index (χ1n) is 4.75. The van der Waals surface area contributed by atoms with Crippen LogP contribution >= 0.6 is 0 Å². The number of rotatable bonds is 2. The molecule has 0 N–H and O–H groups in total. The van der Waals surface area contributed by atoms with Crippen LogP contribution in [0, 0.1) is 0 Å². The Kier molecular flexibility index (Phi) is 2.23.